The number of sulfonamides is 1. The van der Waals surface area contributed by atoms with Crippen LogP contribution in [0.3, 0.4) is 0 Å². The molecule has 1 unspecified atom stereocenters. The lowest BCUT2D eigenvalue weighted by atomic mass is 10.2. The first-order chi connectivity index (χ1) is 11.6. The molecule has 136 valence electrons. The first-order valence-electron chi connectivity index (χ1n) is 7.51. The standard InChI is InChI=1S/C15H19N3O6S/c1-10(15(21)22)17(2)14(20)11-4-3-5-12(8-11)25(23,24)18-7-6-16-13(19)9-18/h3-5,8,10H,6-7,9H2,1-2H3,(H,16,19)(H,21,22). The van der Waals surface area contributed by atoms with Crippen LogP contribution in [0.2, 0.25) is 0 Å². The molecule has 0 aliphatic carbocycles. The van der Waals surface area contributed by atoms with Crippen molar-refractivity contribution in [2.45, 2.75) is 17.9 Å². The Bertz CT molecular complexity index is 807. The van der Waals surface area contributed by atoms with Crippen molar-refractivity contribution in [2.24, 2.45) is 0 Å². The lowest BCUT2D eigenvalue weighted by Crippen LogP contribution is -2.49. The van der Waals surface area contributed by atoms with Gasteiger partial charge in [-0.25, -0.2) is 13.2 Å². The fourth-order valence-corrected chi connectivity index (χ4v) is 3.75. The molecule has 0 saturated carbocycles. The Morgan fingerprint density at radius 1 is 1.36 bits per heavy atom. The number of rotatable bonds is 5. The Morgan fingerprint density at radius 2 is 2.04 bits per heavy atom. The summed E-state index contributed by atoms with van der Waals surface area (Å²) in [5.41, 5.74) is 0.0538. The van der Waals surface area contributed by atoms with Crippen molar-refractivity contribution < 1.29 is 27.9 Å². The van der Waals surface area contributed by atoms with Crippen molar-refractivity contribution in [3.8, 4) is 0 Å². The Morgan fingerprint density at radius 3 is 2.64 bits per heavy atom. The van der Waals surface area contributed by atoms with Gasteiger partial charge in [0, 0.05) is 25.7 Å². The van der Waals surface area contributed by atoms with Crippen molar-refractivity contribution >= 4 is 27.8 Å². The van der Waals surface area contributed by atoms with E-state index in [0.717, 1.165) is 9.21 Å². The minimum absolute atomic E-state index is 0.0538. The van der Waals surface area contributed by atoms with Crippen LogP contribution >= 0.6 is 0 Å². The molecule has 1 aromatic carbocycles. The van der Waals surface area contributed by atoms with Crippen LogP contribution in [-0.2, 0) is 19.6 Å². The average molecular weight is 369 g/mol. The molecule has 2 amide bonds. The van der Waals surface area contributed by atoms with Crippen molar-refractivity contribution in [3.05, 3.63) is 29.8 Å². The van der Waals surface area contributed by atoms with Gasteiger partial charge in [-0.3, -0.25) is 9.59 Å². The third-order valence-electron chi connectivity index (χ3n) is 3.98. The predicted octanol–water partition coefficient (Wildman–Crippen LogP) is -0.648. The summed E-state index contributed by atoms with van der Waals surface area (Å²) in [6.07, 6.45) is 0. The zero-order valence-corrected chi connectivity index (χ0v) is 14.6. The minimum atomic E-state index is -3.93. The van der Waals surface area contributed by atoms with Crippen LogP contribution in [0, 0.1) is 0 Å². The number of amides is 2. The van der Waals surface area contributed by atoms with Gasteiger partial charge in [-0.1, -0.05) is 6.07 Å². The summed E-state index contributed by atoms with van der Waals surface area (Å²) >= 11 is 0. The molecule has 1 aromatic rings. The Kier molecular flexibility index (Phi) is 5.43. The summed E-state index contributed by atoms with van der Waals surface area (Å²) in [6.45, 7) is 1.43. The molecular weight excluding hydrogens is 350 g/mol. The van der Waals surface area contributed by atoms with E-state index < -0.39 is 33.8 Å². The van der Waals surface area contributed by atoms with Crippen LogP contribution in [-0.4, -0.2) is 73.2 Å². The van der Waals surface area contributed by atoms with Crippen molar-refractivity contribution in [1.82, 2.24) is 14.5 Å². The van der Waals surface area contributed by atoms with E-state index in [1.165, 1.54) is 38.2 Å². The Hall–Kier alpha value is -2.46. The molecule has 1 atom stereocenters. The Balaban J connectivity index is 2.30. The van der Waals surface area contributed by atoms with Crippen LogP contribution in [0.4, 0.5) is 0 Å². The number of carboxylic acid groups (broad SMARTS) is 1. The maximum absolute atomic E-state index is 12.6. The van der Waals surface area contributed by atoms with Gasteiger partial charge in [0.25, 0.3) is 5.91 Å². The number of hydrogen-bond donors (Lipinski definition) is 2. The highest BCUT2D eigenvalue weighted by Crippen LogP contribution is 2.19. The van der Waals surface area contributed by atoms with E-state index in [-0.39, 0.29) is 30.1 Å². The monoisotopic (exact) mass is 369 g/mol. The molecule has 2 N–H and O–H groups in total. The number of carboxylic acids is 1. The first-order valence-corrected chi connectivity index (χ1v) is 8.95. The molecule has 1 saturated heterocycles. The highest BCUT2D eigenvalue weighted by Gasteiger charge is 2.30. The van der Waals surface area contributed by atoms with Crippen LogP contribution < -0.4 is 5.32 Å². The topological polar surface area (TPSA) is 124 Å². The molecule has 0 bridgehead atoms. The van der Waals surface area contributed by atoms with Crippen LogP contribution in [0.25, 0.3) is 0 Å². The second kappa shape index (κ2) is 7.19. The van der Waals surface area contributed by atoms with Gasteiger partial charge < -0.3 is 15.3 Å². The Labute approximate surface area is 145 Å². The lowest BCUT2D eigenvalue weighted by molar-refractivity contribution is -0.141. The van der Waals surface area contributed by atoms with Crippen LogP contribution in [0.5, 0.6) is 0 Å². The number of carbonyl (C=O) groups excluding carboxylic acids is 2. The molecule has 1 fully saturated rings. The van der Waals surface area contributed by atoms with E-state index in [1.54, 1.807) is 0 Å². The fourth-order valence-electron chi connectivity index (χ4n) is 2.30. The van der Waals surface area contributed by atoms with Gasteiger partial charge in [0.05, 0.1) is 11.4 Å². The van der Waals surface area contributed by atoms with Gasteiger partial charge in [0.1, 0.15) is 6.04 Å². The van der Waals surface area contributed by atoms with Gasteiger partial charge in [-0.05, 0) is 25.1 Å². The molecule has 9 nitrogen and oxygen atoms in total. The number of hydrogen-bond acceptors (Lipinski definition) is 5. The molecule has 10 heteroatoms. The molecule has 1 heterocycles. The first kappa shape index (κ1) is 18.9. The molecule has 2 rings (SSSR count). The van der Waals surface area contributed by atoms with Gasteiger partial charge in [0.15, 0.2) is 0 Å². The SMILES string of the molecule is CC(C(=O)O)N(C)C(=O)c1cccc(S(=O)(=O)N2CCNC(=O)C2)c1. The molecule has 25 heavy (non-hydrogen) atoms. The summed E-state index contributed by atoms with van der Waals surface area (Å²) in [7, 11) is -2.60. The third kappa shape index (κ3) is 3.97. The van der Waals surface area contributed by atoms with Crippen molar-refractivity contribution in [1.29, 1.82) is 0 Å². The molecule has 1 aliphatic rings. The predicted molar refractivity (Wildman–Crippen MR) is 87.4 cm³/mol. The highest BCUT2D eigenvalue weighted by molar-refractivity contribution is 7.89. The number of piperazine rings is 1. The smallest absolute Gasteiger partial charge is 0.326 e. The van der Waals surface area contributed by atoms with E-state index in [2.05, 4.69) is 5.32 Å². The largest absolute Gasteiger partial charge is 0.480 e. The zero-order chi connectivity index (χ0) is 18.8. The number of aliphatic carboxylic acids is 1. The maximum Gasteiger partial charge on any atom is 0.326 e. The summed E-state index contributed by atoms with van der Waals surface area (Å²) in [5, 5.41) is 11.5. The summed E-state index contributed by atoms with van der Waals surface area (Å²) in [6, 6.07) is 4.28. The van der Waals surface area contributed by atoms with Crippen molar-refractivity contribution in [2.75, 3.05) is 26.7 Å². The molecule has 0 radical (unpaired) electrons. The number of nitrogens with one attached hydrogen (secondary N) is 1. The number of carbonyl (C=O) groups is 3. The van der Waals surface area contributed by atoms with Gasteiger partial charge in [-0.15, -0.1) is 0 Å². The van der Waals surface area contributed by atoms with E-state index >= 15 is 0 Å². The van der Waals surface area contributed by atoms with Gasteiger partial charge in [-0.2, -0.15) is 4.31 Å². The van der Waals surface area contributed by atoms with E-state index in [9.17, 15) is 22.8 Å². The summed E-state index contributed by atoms with van der Waals surface area (Å²) in [5.74, 6) is -2.17. The fraction of sp³-hybridized carbons (Fsp3) is 0.400. The highest BCUT2D eigenvalue weighted by atomic mass is 32.2. The second-order valence-electron chi connectivity index (χ2n) is 5.65. The third-order valence-corrected chi connectivity index (χ3v) is 5.82. The summed E-state index contributed by atoms with van der Waals surface area (Å²) in [4.78, 5) is 35.7. The molecule has 0 spiro atoms. The quantitative estimate of drug-likeness (QED) is 0.711. The maximum atomic E-state index is 12.6. The molecule has 0 aromatic heterocycles. The van der Waals surface area contributed by atoms with Crippen molar-refractivity contribution in [3.63, 3.8) is 0 Å². The van der Waals surface area contributed by atoms with Crippen LogP contribution in [0.1, 0.15) is 17.3 Å². The molecule has 1 aliphatic heterocycles. The molecular formula is C15H19N3O6S. The van der Waals surface area contributed by atoms with E-state index in [1.807, 2.05) is 0 Å². The van der Waals surface area contributed by atoms with Gasteiger partial charge >= 0.3 is 5.97 Å². The van der Waals surface area contributed by atoms with E-state index in [4.69, 9.17) is 5.11 Å². The summed E-state index contributed by atoms with van der Waals surface area (Å²) < 4.78 is 26.3. The lowest BCUT2D eigenvalue weighted by Gasteiger charge is -2.26. The normalized spacial score (nSPS) is 16.8. The minimum Gasteiger partial charge on any atom is -0.480 e. The van der Waals surface area contributed by atoms with E-state index in [0.29, 0.717) is 0 Å². The number of benzene rings is 1. The second-order valence-corrected chi connectivity index (χ2v) is 7.58. The van der Waals surface area contributed by atoms with Crippen LogP contribution in [0.15, 0.2) is 29.2 Å². The average Bonchev–Trinajstić information content (AvgIpc) is 2.59. The zero-order valence-electron chi connectivity index (χ0n) is 13.8. The van der Waals surface area contributed by atoms with Gasteiger partial charge in [0.2, 0.25) is 15.9 Å². The number of likely N-dealkylation sites (N-methyl/N-ethyl adjacent to an activating group) is 1. The number of nitrogens with zero attached hydrogens (tertiary/aromatic N) is 2.